The standard InChI is InChI=1S/C10H15N3O.C2HF3O2/c1-14-10-7-12-9(6-13-10)8-3-2-4-11-5-8;3-2(4,5)1(6)7/h6-8,11H,2-5H2,1H3;(H,6,7). The summed E-state index contributed by atoms with van der Waals surface area (Å²) < 4.78 is 36.7. The molecule has 1 atom stereocenters. The quantitative estimate of drug-likeness (QED) is 0.863. The summed E-state index contributed by atoms with van der Waals surface area (Å²) >= 11 is 0. The molecule has 21 heavy (non-hydrogen) atoms. The summed E-state index contributed by atoms with van der Waals surface area (Å²) in [4.78, 5) is 17.4. The summed E-state index contributed by atoms with van der Waals surface area (Å²) in [5, 5.41) is 10.5. The van der Waals surface area contributed by atoms with Gasteiger partial charge >= 0.3 is 12.1 Å². The molecule has 6 nitrogen and oxygen atoms in total. The second-order valence-electron chi connectivity index (χ2n) is 4.33. The zero-order valence-electron chi connectivity index (χ0n) is 11.4. The number of methoxy groups -OCH3 is 1. The summed E-state index contributed by atoms with van der Waals surface area (Å²) in [5.41, 5.74) is 1.07. The number of piperidine rings is 1. The Kier molecular flexibility index (Phi) is 6.35. The van der Waals surface area contributed by atoms with Gasteiger partial charge in [0.15, 0.2) is 0 Å². The fourth-order valence-corrected chi connectivity index (χ4v) is 1.75. The van der Waals surface area contributed by atoms with E-state index in [1.54, 1.807) is 13.3 Å². The molecule has 1 saturated heterocycles. The number of nitrogens with one attached hydrogen (secondary N) is 1. The van der Waals surface area contributed by atoms with E-state index < -0.39 is 12.1 Å². The molecule has 0 bridgehead atoms. The lowest BCUT2D eigenvalue weighted by Crippen LogP contribution is -2.28. The highest BCUT2D eigenvalue weighted by molar-refractivity contribution is 5.73. The number of carboxylic acid groups (broad SMARTS) is 1. The maximum absolute atomic E-state index is 10.6. The molecule has 1 aromatic heterocycles. The number of nitrogens with zero attached hydrogens (tertiary/aromatic N) is 2. The Labute approximate surface area is 119 Å². The SMILES string of the molecule is COc1cnc(C2CCCNC2)cn1.O=C(O)C(F)(F)F. The largest absolute Gasteiger partial charge is 0.490 e. The Hall–Kier alpha value is -1.90. The number of aromatic nitrogens is 2. The average molecular weight is 307 g/mol. The topological polar surface area (TPSA) is 84.3 Å². The Morgan fingerprint density at radius 2 is 2.10 bits per heavy atom. The summed E-state index contributed by atoms with van der Waals surface area (Å²) in [6.45, 7) is 2.14. The van der Waals surface area contributed by atoms with Crippen LogP contribution >= 0.6 is 0 Å². The van der Waals surface area contributed by atoms with Crippen LogP contribution in [0.4, 0.5) is 13.2 Å². The number of carboxylic acids is 1. The van der Waals surface area contributed by atoms with Crippen LogP contribution in [-0.4, -0.2) is 47.4 Å². The predicted octanol–water partition coefficient (Wildman–Crippen LogP) is 1.59. The molecule has 0 saturated carbocycles. The average Bonchev–Trinajstić information content (AvgIpc) is 2.48. The summed E-state index contributed by atoms with van der Waals surface area (Å²) in [6, 6.07) is 0. The van der Waals surface area contributed by atoms with Crippen LogP contribution in [0.25, 0.3) is 0 Å². The van der Waals surface area contributed by atoms with Gasteiger partial charge in [-0.3, -0.25) is 4.98 Å². The van der Waals surface area contributed by atoms with Crippen molar-refractivity contribution in [1.29, 1.82) is 0 Å². The zero-order valence-corrected chi connectivity index (χ0v) is 11.4. The minimum absolute atomic E-state index is 0.516. The third-order valence-corrected chi connectivity index (χ3v) is 2.81. The minimum atomic E-state index is -5.08. The van der Waals surface area contributed by atoms with Crippen molar-refractivity contribution in [3.8, 4) is 5.88 Å². The van der Waals surface area contributed by atoms with Crippen LogP contribution in [0.2, 0.25) is 0 Å². The fourth-order valence-electron chi connectivity index (χ4n) is 1.75. The molecule has 2 N–H and O–H groups in total. The molecule has 9 heteroatoms. The van der Waals surface area contributed by atoms with E-state index in [2.05, 4.69) is 15.3 Å². The Balaban J connectivity index is 0.000000270. The van der Waals surface area contributed by atoms with Crippen LogP contribution in [0.15, 0.2) is 12.4 Å². The van der Waals surface area contributed by atoms with Crippen LogP contribution in [-0.2, 0) is 4.79 Å². The van der Waals surface area contributed by atoms with Crippen LogP contribution in [0, 0.1) is 0 Å². The summed E-state index contributed by atoms with van der Waals surface area (Å²) in [7, 11) is 1.60. The first-order valence-corrected chi connectivity index (χ1v) is 6.21. The third kappa shape index (κ3) is 5.94. The number of rotatable bonds is 2. The zero-order chi connectivity index (χ0) is 15.9. The van der Waals surface area contributed by atoms with E-state index in [0.717, 1.165) is 18.8 Å². The van der Waals surface area contributed by atoms with Gasteiger partial charge in [0, 0.05) is 12.5 Å². The van der Waals surface area contributed by atoms with Crippen LogP contribution in [0.1, 0.15) is 24.5 Å². The van der Waals surface area contributed by atoms with Crippen molar-refractivity contribution in [3.05, 3.63) is 18.1 Å². The lowest BCUT2D eigenvalue weighted by Gasteiger charge is -2.21. The molecular weight excluding hydrogens is 291 g/mol. The number of halogens is 3. The number of alkyl halides is 3. The molecule has 2 heterocycles. The number of carbonyl (C=O) groups is 1. The Bertz CT molecular complexity index is 445. The Morgan fingerprint density at radius 1 is 1.43 bits per heavy atom. The fraction of sp³-hybridized carbons (Fsp3) is 0.583. The van der Waals surface area contributed by atoms with Gasteiger partial charge < -0.3 is 15.2 Å². The van der Waals surface area contributed by atoms with E-state index in [1.165, 1.54) is 12.8 Å². The van der Waals surface area contributed by atoms with Gasteiger partial charge in [0.05, 0.1) is 25.2 Å². The molecule has 0 aliphatic carbocycles. The van der Waals surface area contributed by atoms with Crippen molar-refractivity contribution in [2.45, 2.75) is 24.9 Å². The van der Waals surface area contributed by atoms with Crippen molar-refractivity contribution in [1.82, 2.24) is 15.3 Å². The summed E-state index contributed by atoms with van der Waals surface area (Å²) in [6.07, 6.45) is 0.840. The van der Waals surface area contributed by atoms with Crippen molar-refractivity contribution in [2.24, 2.45) is 0 Å². The van der Waals surface area contributed by atoms with Gasteiger partial charge in [-0.2, -0.15) is 13.2 Å². The van der Waals surface area contributed by atoms with Gasteiger partial charge in [-0.05, 0) is 19.4 Å². The van der Waals surface area contributed by atoms with Crippen molar-refractivity contribution >= 4 is 5.97 Å². The van der Waals surface area contributed by atoms with Gasteiger partial charge in [-0.25, -0.2) is 9.78 Å². The van der Waals surface area contributed by atoms with E-state index in [1.807, 2.05) is 6.20 Å². The molecule has 1 aromatic rings. The lowest BCUT2D eigenvalue weighted by atomic mass is 9.97. The van der Waals surface area contributed by atoms with E-state index in [9.17, 15) is 13.2 Å². The van der Waals surface area contributed by atoms with Gasteiger partial charge in [0.2, 0.25) is 5.88 Å². The highest BCUT2D eigenvalue weighted by Gasteiger charge is 2.38. The number of aliphatic carboxylic acids is 1. The molecule has 1 unspecified atom stereocenters. The highest BCUT2D eigenvalue weighted by atomic mass is 19.4. The van der Waals surface area contributed by atoms with E-state index in [0.29, 0.717) is 11.8 Å². The minimum Gasteiger partial charge on any atom is -0.480 e. The normalized spacial score (nSPS) is 18.4. The van der Waals surface area contributed by atoms with Gasteiger partial charge in [0.25, 0.3) is 0 Å². The summed E-state index contributed by atoms with van der Waals surface area (Å²) in [5.74, 6) is -1.66. The van der Waals surface area contributed by atoms with E-state index in [4.69, 9.17) is 14.6 Å². The molecule has 0 radical (unpaired) electrons. The van der Waals surface area contributed by atoms with Crippen molar-refractivity contribution in [2.75, 3.05) is 20.2 Å². The second-order valence-corrected chi connectivity index (χ2v) is 4.33. The van der Waals surface area contributed by atoms with Crippen LogP contribution in [0.5, 0.6) is 5.88 Å². The predicted molar refractivity (Wildman–Crippen MR) is 67.1 cm³/mol. The van der Waals surface area contributed by atoms with E-state index >= 15 is 0 Å². The molecular formula is C12H16F3N3O3. The first kappa shape index (κ1) is 17.2. The molecule has 0 aromatic carbocycles. The second kappa shape index (κ2) is 7.77. The van der Waals surface area contributed by atoms with Gasteiger partial charge in [0.1, 0.15) is 0 Å². The third-order valence-electron chi connectivity index (χ3n) is 2.81. The first-order valence-electron chi connectivity index (χ1n) is 6.21. The maximum atomic E-state index is 10.6. The molecule has 118 valence electrons. The Morgan fingerprint density at radius 3 is 2.48 bits per heavy atom. The lowest BCUT2D eigenvalue weighted by molar-refractivity contribution is -0.192. The van der Waals surface area contributed by atoms with Crippen molar-refractivity contribution in [3.63, 3.8) is 0 Å². The monoisotopic (exact) mass is 307 g/mol. The first-order chi connectivity index (χ1) is 9.84. The number of ether oxygens (including phenoxy) is 1. The molecule has 1 aliphatic rings. The molecule has 0 amide bonds. The van der Waals surface area contributed by atoms with Crippen molar-refractivity contribution < 1.29 is 27.8 Å². The van der Waals surface area contributed by atoms with Gasteiger partial charge in [-0.15, -0.1) is 0 Å². The smallest absolute Gasteiger partial charge is 0.480 e. The van der Waals surface area contributed by atoms with E-state index in [-0.39, 0.29) is 0 Å². The van der Waals surface area contributed by atoms with Crippen LogP contribution < -0.4 is 10.1 Å². The molecule has 1 aliphatic heterocycles. The maximum Gasteiger partial charge on any atom is 0.490 e. The highest BCUT2D eigenvalue weighted by Crippen LogP contribution is 2.21. The van der Waals surface area contributed by atoms with Gasteiger partial charge in [-0.1, -0.05) is 0 Å². The van der Waals surface area contributed by atoms with Crippen LogP contribution in [0.3, 0.4) is 0 Å². The molecule has 2 rings (SSSR count). The molecule has 1 fully saturated rings. The number of hydrogen-bond donors (Lipinski definition) is 2. The molecule has 0 spiro atoms. The number of hydrogen-bond acceptors (Lipinski definition) is 5.